The Labute approximate surface area is 116 Å². The predicted octanol–water partition coefficient (Wildman–Crippen LogP) is 2.33. The standard InChI is InChI=1S/C14H14ClNO3/c15-11-5-3-10(4-6-11)8-14(18)16-9-12(17)13-2-1-7-19-13/h1-7,12,17H,8-9H2,(H,16,18). The van der Waals surface area contributed by atoms with E-state index in [2.05, 4.69) is 5.32 Å². The lowest BCUT2D eigenvalue weighted by molar-refractivity contribution is -0.120. The SMILES string of the molecule is O=C(Cc1ccc(Cl)cc1)NCC(O)c1ccco1. The average molecular weight is 280 g/mol. The number of nitrogens with one attached hydrogen (secondary N) is 1. The van der Waals surface area contributed by atoms with Crippen molar-refractivity contribution >= 4 is 17.5 Å². The highest BCUT2D eigenvalue weighted by molar-refractivity contribution is 6.30. The molecule has 0 bridgehead atoms. The maximum atomic E-state index is 11.7. The summed E-state index contributed by atoms with van der Waals surface area (Å²) in [5.41, 5.74) is 0.870. The van der Waals surface area contributed by atoms with Crippen molar-refractivity contribution in [1.82, 2.24) is 5.32 Å². The van der Waals surface area contributed by atoms with Gasteiger partial charge in [0.25, 0.3) is 0 Å². The topological polar surface area (TPSA) is 62.5 Å². The predicted molar refractivity (Wildman–Crippen MR) is 71.8 cm³/mol. The minimum absolute atomic E-state index is 0.125. The lowest BCUT2D eigenvalue weighted by Crippen LogP contribution is -2.29. The summed E-state index contributed by atoms with van der Waals surface area (Å²) in [5, 5.41) is 13.0. The molecule has 19 heavy (non-hydrogen) atoms. The van der Waals surface area contributed by atoms with E-state index in [0.29, 0.717) is 10.8 Å². The molecule has 0 saturated carbocycles. The van der Waals surface area contributed by atoms with Gasteiger partial charge in [-0.25, -0.2) is 0 Å². The van der Waals surface area contributed by atoms with E-state index in [-0.39, 0.29) is 18.9 Å². The number of furan rings is 1. The van der Waals surface area contributed by atoms with Crippen LogP contribution in [-0.4, -0.2) is 17.6 Å². The van der Waals surface area contributed by atoms with Gasteiger partial charge in [-0.15, -0.1) is 0 Å². The molecule has 1 heterocycles. The highest BCUT2D eigenvalue weighted by Crippen LogP contribution is 2.12. The van der Waals surface area contributed by atoms with Crippen molar-refractivity contribution in [2.45, 2.75) is 12.5 Å². The summed E-state index contributed by atoms with van der Waals surface area (Å²) >= 11 is 5.76. The summed E-state index contributed by atoms with van der Waals surface area (Å²) in [5.74, 6) is 0.278. The molecule has 0 spiro atoms. The van der Waals surface area contributed by atoms with Crippen LogP contribution >= 0.6 is 11.6 Å². The van der Waals surface area contributed by atoms with Crippen molar-refractivity contribution in [2.24, 2.45) is 0 Å². The minimum atomic E-state index is -0.829. The van der Waals surface area contributed by atoms with Crippen LogP contribution in [0.3, 0.4) is 0 Å². The third-order valence-corrected chi connectivity index (χ3v) is 2.89. The summed E-state index contributed by atoms with van der Waals surface area (Å²) in [6.45, 7) is 0.125. The van der Waals surface area contributed by atoms with Crippen molar-refractivity contribution in [3.05, 3.63) is 59.0 Å². The van der Waals surface area contributed by atoms with Gasteiger partial charge in [0, 0.05) is 5.02 Å². The maximum absolute atomic E-state index is 11.7. The molecule has 0 aliphatic carbocycles. The van der Waals surface area contributed by atoms with E-state index in [1.165, 1.54) is 6.26 Å². The molecule has 0 fully saturated rings. The third-order valence-electron chi connectivity index (χ3n) is 2.64. The summed E-state index contributed by atoms with van der Waals surface area (Å²) in [7, 11) is 0. The summed E-state index contributed by atoms with van der Waals surface area (Å²) in [6, 6.07) is 10.4. The van der Waals surface area contributed by atoms with Gasteiger partial charge in [-0.05, 0) is 29.8 Å². The van der Waals surface area contributed by atoms with Gasteiger partial charge in [0.1, 0.15) is 11.9 Å². The van der Waals surface area contributed by atoms with Crippen LogP contribution in [0.2, 0.25) is 5.02 Å². The van der Waals surface area contributed by atoms with Gasteiger partial charge >= 0.3 is 0 Å². The van der Waals surface area contributed by atoms with Crippen LogP contribution in [0.4, 0.5) is 0 Å². The number of aliphatic hydroxyl groups excluding tert-OH is 1. The quantitative estimate of drug-likeness (QED) is 0.883. The summed E-state index contributed by atoms with van der Waals surface area (Å²) in [6.07, 6.45) is 0.903. The van der Waals surface area contributed by atoms with Crippen LogP contribution in [0.15, 0.2) is 47.1 Å². The van der Waals surface area contributed by atoms with Crippen molar-refractivity contribution in [3.63, 3.8) is 0 Å². The fourth-order valence-electron chi connectivity index (χ4n) is 1.64. The smallest absolute Gasteiger partial charge is 0.224 e. The van der Waals surface area contributed by atoms with Crippen molar-refractivity contribution < 1.29 is 14.3 Å². The minimum Gasteiger partial charge on any atom is -0.467 e. The molecule has 1 aromatic carbocycles. The zero-order valence-corrected chi connectivity index (χ0v) is 10.9. The Hall–Kier alpha value is -1.78. The van der Waals surface area contributed by atoms with Gasteiger partial charge in [-0.2, -0.15) is 0 Å². The fourth-order valence-corrected chi connectivity index (χ4v) is 1.77. The zero-order chi connectivity index (χ0) is 13.7. The molecule has 1 atom stereocenters. The van der Waals surface area contributed by atoms with E-state index in [9.17, 15) is 9.90 Å². The highest BCUT2D eigenvalue weighted by Gasteiger charge is 2.11. The normalized spacial score (nSPS) is 12.1. The van der Waals surface area contributed by atoms with Gasteiger partial charge in [0.05, 0.1) is 19.2 Å². The molecular formula is C14H14ClNO3. The van der Waals surface area contributed by atoms with Gasteiger partial charge < -0.3 is 14.8 Å². The fraction of sp³-hybridized carbons (Fsp3) is 0.214. The van der Waals surface area contributed by atoms with Crippen molar-refractivity contribution in [1.29, 1.82) is 0 Å². The first-order valence-electron chi connectivity index (χ1n) is 5.88. The van der Waals surface area contributed by atoms with E-state index >= 15 is 0 Å². The molecule has 0 saturated heterocycles. The van der Waals surface area contributed by atoms with Gasteiger partial charge in [0.15, 0.2) is 0 Å². The molecule has 2 rings (SSSR count). The summed E-state index contributed by atoms with van der Waals surface area (Å²) < 4.78 is 5.04. The molecule has 2 N–H and O–H groups in total. The van der Waals surface area contributed by atoms with Crippen LogP contribution in [0.25, 0.3) is 0 Å². The number of carbonyl (C=O) groups is 1. The highest BCUT2D eigenvalue weighted by atomic mass is 35.5. The number of rotatable bonds is 5. The molecular weight excluding hydrogens is 266 g/mol. The first kappa shape index (κ1) is 13.6. The Morgan fingerprint density at radius 3 is 2.68 bits per heavy atom. The number of hydrogen-bond acceptors (Lipinski definition) is 3. The van der Waals surface area contributed by atoms with Gasteiger partial charge in [-0.1, -0.05) is 23.7 Å². The van der Waals surface area contributed by atoms with Gasteiger partial charge in [-0.3, -0.25) is 4.79 Å². The Morgan fingerprint density at radius 2 is 2.05 bits per heavy atom. The number of halogens is 1. The second-order valence-corrected chi connectivity index (χ2v) is 4.57. The Balaban J connectivity index is 1.80. The first-order valence-corrected chi connectivity index (χ1v) is 6.25. The van der Waals surface area contributed by atoms with Crippen LogP contribution < -0.4 is 5.32 Å². The number of aliphatic hydroxyl groups is 1. The molecule has 0 aliphatic heterocycles. The number of hydrogen-bond donors (Lipinski definition) is 2. The maximum Gasteiger partial charge on any atom is 0.224 e. The van der Waals surface area contributed by atoms with Crippen LogP contribution in [0.5, 0.6) is 0 Å². The molecule has 1 amide bonds. The van der Waals surface area contributed by atoms with Crippen LogP contribution in [0, 0.1) is 0 Å². The van der Waals surface area contributed by atoms with E-state index in [1.54, 1.807) is 36.4 Å². The molecule has 2 aromatic rings. The van der Waals surface area contributed by atoms with E-state index in [4.69, 9.17) is 16.0 Å². The van der Waals surface area contributed by atoms with E-state index in [1.807, 2.05) is 0 Å². The molecule has 5 heteroatoms. The molecule has 0 aliphatic rings. The monoisotopic (exact) mass is 279 g/mol. The lowest BCUT2D eigenvalue weighted by atomic mass is 10.1. The average Bonchev–Trinajstić information content (AvgIpc) is 2.93. The molecule has 4 nitrogen and oxygen atoms in total. The van der Waals surface area contributed by atoms with E-state index in [0.717, 1.165) is 5.56 Å². The molecule has 1 aromatic heterocycles. The molecule has 100 valence electrons. The van der Waals surface area contributed by atoms with Gasteiger partial charge in [0.2, 0.25) is 5.91 Å². The van der Waals surface area contributed by atoms with Crippen molar-refractivity contribution in [2.75, 3.05) is 6.54 Å². The van der Waals surface area contributed by atoms with Crippen LogP contribution in [0.1, 0.15) is 17.4 Å². The molecule has 0 radical (unpaired) electrons. The zero-order valence-electron chi connectivity index (χ0n) is 10.2. The van der Waals surface area contributed by atoms with E-state index < -0.39 is 6.10 Å². The Morgan fingerprint density at radius 1 is 1.32 bits per heavy atom. The Bertz CT molecular complexity index is 522. The Kier molecular flexibility index (Phi) is 4.60. The van der Waals surface area contributed by atoms with Crippen LogP contribution in [-0.2, 0) is 11.2 Å². The lowest BCUT2D eigenvalue weighted by Gasteiger charge is -2.09. The number of amides is 1. The number of benzene rings is 1. The summed E-state index contributed by atoms with van der Waals surface area (Å²) in [4.78, 5) is 11.7. The van der Waals surface area contributed by atoms with Crippen molar-refractivity contribution in [3.8, 4) is 0 Å². The third kappa shape index (κ3) is 4.12. The number of carbonyl (C=O) groups excluding carboxylic acids is 1. The second kappa shape index (κ2) is 6.41. The molecule has 1 unspecified atom stereocenters. The first-order chi connectivity index (χ1) is 9.15. The second-order valence-electron chi connectivity index (χ2n) is 4.14. The largest absolute Gasteiger partial charge is 0.467 e.